The van der Waals surface area contributed by atoms with E-state index in [0.717, 1.165) is 11.3 Å². The van der Waals surface area contributed by atoms with Gasteiger partial charge in [0.15, 0.2) is 22.8 Å². The molecule has 0 N–H and O–H groups in total. The number of hydrogen-bond acceptors (Lipinski definition) is 6. The number of ether oxygens (including phenoxy) is 2. The molecule has 0 unspecified atom stereocenters. The third kappa shape index (κ3) is 3.90. The van der Waals surface area contributed by atoms with Crippen LogP contribution in [0.3, 0.4) is 0 Å². The first-order valence-electron chi connectivity index (χ1n) is 10.2. The Bertz CT molecular complexity index is 1120. The van der Waals surface area contributed by atoms with Crippen LogP contribution < -0.4 is 9.47 Å². The lowest BCUT2D eigenvalue weighted by Gasteiger charge is -2.34. The summed E-state index contributed by atoms with van der Waals surface area (Å²) in [5.74, 6) is 1.19. The number of aromatic nitrogens is 3. The summed E-state index contributed by atoms with van der Waals surface area (Å²) >= 11 is 0. The van der Waals surface area contributed by atoms with Gasteiger partial charge in [-0.1, -0.05) is 6.92 Å². The first kappa shape index (κ1) is 20.6. The van der Waals surface area contributed by atoms with Crippen LogP contribution in [0.25, 0.3) is 16.9 Å². The molecule has 162 valence electrons. The van der Waals surface area contributed by atoms with Crippen LogP contribution in [-0.2, 0) is 4.79 Å². The van der Waals surface area contributed by atoms with Crippen molar-refractivity contribution in [3.05, 3.63) is 42.2 Å². The zero-order valence-corrected chi connectivity index (χ0v) is 17.9. The van der Waals surface area contributed by atoms with E-state index < -0.39 is 0 Å². The van der Waals surface area contributed by atoms with Gasteiger partial charge in [0, 0.05) is 50.4 Å². The van der Waals surface area contributed by atoms with Gasteiger partial charge < -0.3 is 19.3 Å². The lowest BCUT2D eigenvalue weighted by atomic mass is 10.1. The second-order valence-corrected chi connectivity index (χ2v) is 7.23. The second kappa shape index (κ2) is 8.63. The Morgan fingerprint density at radius 2 is 1.68 bits per heavy atom. The van der Waals surface area contributed by atoms with Crippen LogP contribution in [0.15, 0.2) is 36.5 Å². The van der Waals surface area contributed by atoms with Crippen molar-refractivity contribution in [2.24, 2.45) is 0 Å². The van der Waals surface area contributed by atoms with Crippen LogP contribution in [0, 0.1) is 0 Å². The van der Waals surface area contributed by atoms with Crippen LogP contribution in [-0.4, -0.2) is 76.6 Å². The van der Waals surface area contributed by atoms with Crippen molar-refractivity contribution >= 4 is 17.5 Å². The van der Waals surface area contributed by atoms with E-state index in [1.54, 1.807) is 40.8 Å². The number of nitrogens with zero attached hydrogens (tertiary/aromatic N) is 5. The van der Waals surface area contributed by atoms with Gasteiger partial charge in [0.05, 0.1) is 19.9 Å². The van der Waals surface area contributed by atoms with Gasteiger partial charge in [-0.15, -0.1) is 0 Å². The second-order valence-electron chi connectivity index (χ2n) is 7.23. The predicted molar refractivity (Wildman–Crippen MR) is 114 cm³/mol. The molecule has 0 saturated carbocycles. The number of hydrogen-bond donors (Lipinski definition) is 0. The molecule has 1 aliphatic rings. The fraction of sp³-hybridized carbons (Fsp3) is 0.364. The minimum Gasteiger partial charge on any atom is -0.493 e. The molecule has 0 bridgehead atoms. The number of benzene rings is 1. The Kier molecular flexibility index (Phi) is 5.75. The topological polar surface area (TPSA) is 89.3 Å². The summed E-state index contributed by atoms with van der Waals surface area (Å²) in [5, 5.41) is 4.54. The third-order valence-corrected chi connectivity index (χ3v) is 5.48. The molecule has 0 radical (unpaired) electrons. The molecule has 2 amide bonds. The van der Waals surface area contributed by atoms with Gasteiger partial charge in [-0.25, -0.2) is 9.50 Å². The molecular weight excluding hydrogens is 398 g/mol. The highest BCUT2D eigenvalue weighted by Crippen LogP contribution is 2.32. The fourth-order valence-electron chi connectivity index (χ4n) is 3.76. The number of piperazine rings is 1. The molecule has 4 rings (SSSR count). The summed E-state index contributed by atoms with van der Waals surface area (Å²) in [7, 11) is 3.17. The molecule has 3 aromatic rings. The molecule has 1 saturated heterocycles. The Morgan fingerprint density at radius 3 is 2.35 bits per heavy atom. The number of rotatable bonds is 5. The van der Waals surface area contributed by atoms with Crippen molar-refractivity contribution in [1.29, 1.82) is 0 Å². The van der Waals surface area contributed by atoms with E-state index in [4.69, 9.17) is 9.47 Å². The predicted octanol–water partition coefficient (Wildman–Crippen LogP) is 2.11. The number of amides is 2. The number of carbonyl (C=O) groups excluding carboxylic acids is 2. The highest BCUT2D eigenvalue weighted by Gasteiger charge is 2.26. The van der Waals surface area contributed by atoms with Gasteiger partial charge in [-0.05, 0) is 24.3 Å². The summed E-state index contributed by atoms with van der Waals surface area (Å²) < 4.78 is 12.4. The Morgan fingerprint density at radius 1 is 0.968 bits per heavy atom. The summed E-state index contributed by atoms with van der Waals surface area (Å²) in [6.07, 6.45) is 2.16. The summed E-state index contributed by atoms with van der Waals surface area (Å²) in [5.41, 5.74) is 2.55. The zero-order valence-electron chi connectivity index (χ0n) is 17.9. The molecule has 0 aliphatic carbocycles. The molecule has 9 heteroatoms. The van der Waals surface area contributed by atoms with Crippen LogP contribution in [0.5, 0.6) is 11.5 Å². The van der Waals surface area contributed by atoms with Gasteiger partial charge in [0.25, 0.3) is 5.91 Å². The minimum absolute atomic E-state index is 0.114. The van der Waals surface area contributed by atoms with Crippen LogP contribution in [0.2, 0.25) is 0 Å². The largest absolute Gasteiger partial charge is 0.493 e. The molecule has 0 spiro atoms. The van der Waals surface area contributed by atoms with Gasteiger partial charge in [-0.2, -0.15) is 5.10 Å². The molecule has 1 aromatic carbocycles. The maximum absolute atomic E-state index is 13.0. The highest BCUT2D eigenvalue weighted by molar-refractivity contribution is 5.93. The van der Waals surface area contributed by atoms with Crippen molar-refractivity contribution in [2.45, 2.75) is 13.3 Å². The maximum atomic E-state index is 13.0. The molecule has 2 aromatic heterocycles. The minimum atomic E-state index is -0.160. The number of carbonyl (C=O) groups is 2. The number of fused-ring (bicyclic) bond motifs is 1. The summed E-state index contributed by atoms with van der Waals surface area (Å²) in [6, 6.07) is 9.12. The Labute approximate surface area is 180 Å². The Hall–Kier alpha value is -3.62. The third-order valence-electron chi connectivity index (χ3n) is 5.48. The van der Waals surface area contributed by atoms with Gasteiger partial charge in [0.1, 0.15) is 0 Å². The van der Waals surface area contributed by atoms with E-state index in [9.17, 15) is 9.59 Å². The van der Waals surface area contributed by atoms with Crippen molar-refractivity contribution in [3.63, 3.8) is 0 Å². The molecule has 1 aliphatic heterocycles. The van der Waals surface area contributed by atoms with E-state index in [0.29, 0.717) is 55.4 Å². The van der Waals surface area contributed by atoms with Crippen molar-refractivity contribution in [2.75, 3.05) is 40.4 Å². The van der Waals surface area contributed by atoms with E-state index >= 15 is 0 Å². The normalized spacial score (nSPS) is 14.0. The smallest absolute Gasteiger partial charge is 0.274 e. The van der Waals surface area contributed by atoms with E-state index in [1.807, 2.05) is 31.2 Å². The van der Waals surface area contributed by atoms with E-state index in [2.05, 4.69) is 10.1 Å². The quantitative estimate of drug-likeness (QED) is 0.625. The highest BCUT2D eigenvalue weighted by atomic mass is 16.5. The molecule has 3 heterocycles. The molecular formula is C22H25N5O4. The average molecular weight is 423 g/mol. The van der Waals surface area contributed by atoms with Gasteiger partial charge >= 0.3 is 0 Å². The van der Waals surface area contributed by atoms with E-state index in [-0.39, 0.29) is 11.8 Å². The average Bonchev–Trinajstić information content (AvgIpc) is 3.27. The summed E-state index contributed by atoms with van der Waals surface area (Å²) in [4.78, 5) is 32.8. The van der Waals surface area contributed by atoms with Crippen LogP contribution >= 0.6 is 0 Å². The lowest BCUT2D eigenvalue weighted by molar-refractivity contribution is -0.132. The monoisotopic (exact) mass is 423 g/mol. The lowest BCUT2D eigenvalue weighted by Crippen LogP contribution is -2.50. The van der Waals surface area contributed by atoms with E-state index in [1.165, 1.54) is 0 Å². The van der Waals surface area contributed by atoms with Crippen LogP contribution in [0.4, 0.5) is 0 Å². The van der Waals surface area contributed by atoms with Crippen molar-refractivity contribution in [1.82, 2.24) is 24.4 Å². The fourth-order valence-corrected chi connectivity index (χ4v) is 3.76. The summed E-state index contributed by atoms with van der Waals surface area (Å²) in [6.45, 7) is 3.92. The number of methoxy groups -OCH3 is 2. The first-order valence-corrected chi connectivity index (χ1v) is 10.2. The molecule has 1 fully saturated rings. The molecule has 9 nitrogen and oxygen atoms in total. The van der Waals surface area contributed by atoms with Gasteiger partial charge in [0.2, 0.25) is 5.91 Å². The van der Waals surface area contributed by atoms with Gasteiger partial charge in [-0.3, -0.25) is 9.59 Å². The first-order chi connectivity index (χ1) is 15.0. The molecule has 31 heavy (non-hydrogen) atoms. The maximum Gasteiger partial charge on any atom is 0.274 e. The molecule has 0 atom stereocenters. The SMILES string of the molecule is CCC(=O)N1CCN(C(=O)c2cc3nccc(-c4ccc(OC)c(OC)c4)n3n2)CC1. The van der Waals surface area contributed by atoms with Crippen molar-refractivity contribution < 1.29 is 19.1 Å². The standard InChI is InChI=1S/C22H25N5O4/c1-4-21(28)25-9-11-26(12-10-25)22(29)16-14-20-23-8-7-17(27(20)24-16)15-5-6-18(30-2)19(13-15)31-3/h5-8,13-14H,4,9-12H2,1-3H3. The Balaban J connectivity index is 1.61. The zero-order chi connectivity index (χ0) is 22.0. The van der Waals surface area contributed by atoms with Crippen molar-refractivity contribution in [3.8, 4) is 22.8 Å². The van der Waals surface area contributed by atoms with Crippen LogP contribution in [0.1, 0.15) is 23.8 Å².